The minimum Gasteiger partial charge on any atom is -0.493 e. The number of benzene rings is 1. The number of rotatable bonds is 8. The summed E-state index contributed by atoms with van der Waals surface area (Å²) in [5.41, 5.74) is 0.893. The highest BCUT2D eigenvalue weighted by Crippen LogP contribution is 2.40. The van der Waals surface area contributed by atoms with Crippen molar-refractivity contribution in [3.8, 4) is 17.2 Å². The van der Waals surface area contributed by atoms with Gasteiger partial charge >= 0.3 is 5.97 Å². The number of hydrogen-bond acceptors (Lipinski definition) is 6. The summed E-state index contributed by atoms with van der Waals surface area (Å²) < 4.78 is 21.2. The van der Waals surface area contributed by atoms with Gasteiger partial charge in [-0.15, -0.1) is 0 Å². The number of carbonyl (C=O) groups excluding carboxylic acids is 2. The molecule has 1 fully saturated rings. The van der Waals surface area contributed by atoms with E-state index >= 15 is 0 Å². The Kier molecular flexibility index (Phi) is 7.76. The van der Waals surface area contributed by atoms with Crippen molar-refractivity contribution >= 4 is 11.9 Å². The van der Waals surface area contributed by atoms with Crippen molar-refractivity contribution in [3.05, 3.63) is 17.7 Å². The van der Waals surface area contributed by atoms with Crippen molar-refractivity contribution in [1.82, 2.24) is 4.90 Å². The SMILES string of the molecule is CCOC(=O)C1CCN(C(=O)CCc2ccc(OC)c(OC)c2OC)CC1. The molecule has 0 aliphatic carbocycles. The van der Waals surface area contributed by atoms with Crippen molar-refractivity contribution in [2.75, 3.05) is 41.0 Å². The van der Waals surface area contributed by atoms with Crippen LogP contribution in [0, 0.1) is 5.92 Å². The Bertz CT molecular complexity index is 652. The molecular weight excluding hydrogens is 350 g/mol. The van der Waals surface area contributed by atoms with Crippen molar-refractivity contribution in [1.29, 1.82) is 0 Å². The summed E-state index contributed by atoms with van der Waals surface area (Å²) in [4.78, 5) is 26.2. The topological polar surface area (TPSA) is 74.3 Å². The lowest BCUT2D eigenvalue weighted by Crippen LogP contribution is -2.40. The van der Waals surface area contributed by atoms with E-state index < -0.39 is 0 Å². The molecule has 0 aromatic heterocycles. The molecule has 0 saturated carbocycles. The fourth-order valence-corrected chi connectivity index (χ4v) is 3.38. The maximum absolute atomic E-state index is 12.6. The van der Waals surface area contributed by atoms with Crippen LogP contribution in [0.3, 0.4) is 0 Å². The maximum Gasteiger partial charge on any atom is 0.309 e. The first-order valence-electron chi connectivity index (χ1n) is 9.27. The monoisotopic (exact) mass is 379 g/mol. The fourth-order valence-electron chi connectivity index (χ4n) is 3.38. The maximum atomic E-state index is 12.6. The summed E-state index contributed by atoms with van der Waals surface area (Å²) in [6, 6.07) is 3.70. The van der Waals surface area contributed by atoms with Crippen LogP contribution in [0.5, 0.6) is 17.2 Å². The molecule has 1 amide bonds. The minimum absolute atomic E-state index is 0.0779. The average Bonchev–Trinajstić information content (AvgIpc) is 2.71. The van der Waals surface area contributed by atoms with Gasteiger partial charge in [-0.1, -0.05) is 6.07 Å². The summed E-state index contributed by atoms with van der Waals surface area (Å²) in [5, 5.41) is 0. The van der Waals surface area contributed by atoms with Gasteiger partial charge in [0.15, 0.2) is 11.5 Å². The number of ether oxygens (including phenoxy) is 4. The summed E-state index contributed by atoms with van der Waals surface area (Å²) in [6.07, 6.45) is 2.23. The van der Waals surface area contributed by atoms with E-state index in [-0.39, 0.29) is 17.8 Å². The molecule has 1 aromatic carbocycles. The van der Waals surface area contributed by atoms with Crippen LogP contribution >= 0.6 is 0 Å². The summed E-state index contributed by atoms with van der Waals surface area (Å²) in [7, 11) is 4.70. The highest BCUT2D eigenvalue weighted by atomic mass is 16.5. The van der Waals surface area contributed by atoms with Gasteiger partial charge in [0.05, 0.1) is 33.9 Å². The van der Waals surface area contributed by atoms with E-state index in [2.05, 4.69) is 0 Å². The van der Waals surface area contributed by atoms with Gasteiger partial charge in [-0.05, 0) is 37.8 Å². The molecule has 150 valence electrons. The van der Waals surface area contributed by atoms with Gasteiger partial charge in [0.1, 0.15) is 0 Å². The Morgan fingerprint density at radius 2 is 1.70 bits per heavy atom. The molecule has 7 heteroatoms. The first kappa shape index (κ1) is 20.9. The van der Waals surface area contributed by atoms with Gasteiger partial charge in [0, 0.05) is 19.5 Å². The van der Waals surface area contributed by atoms with Crippen LogP contribution in [-0.2, 0) is 20.7 Å². The molecule has 1 aliphatic rings. The Labute approximate surface area is 160 Å². The standard InChI is InChI=1S/C20H29NO6/c1-5-27-20(23)15-10-12-21(13-11-15)17(22)9-7-14-6-8-16(24-2)19(26-4)18(14)25-3/h6,8,15H,5,7,9-13H2,1-4H3. The highest BCUT2D eigenvalue weighted by Gasteiger charge is 2.28. The molecule has 7 nitrogen and oxygen atoms in total. The molecule has 0 unspecified atom stereocenters. The van der Waals surface area contributed by atoms with Crippen LogP contribution in [0.4, 0.5) is 0 Å². The van der Waals surface area contributed by atoms with E-state index in [1.165, 1.54) is 0 Å². The van der Waals surface area contributed by atoms with E-state index in [0.29, 0.717) is 62.6 Å². The van der Waals surface area contributed by atoms with Crippen molar-refractivity contribution in [2.24, 2.45) is 5.92 Å². The quantitative estimate of drug-likeness (QED) is 0.646. The normalized spacial score (nSPS) is 14.6. The molecule has 1 heterocycles. The Hall–Kier alpha value is -2.44. The zero-order valence-electron chi connectivity index (χ0n) is 16.6. The lowest BCUT2D eigenvalue weighted by atomic mass is 9.96. The Morgan fingerprint density at radius 1 is 1.04 bits per heavy atom. The molecule has 1 saturated heterocycles. The second-order valence-corrected chi connectivity index (χ2v) is 6.40. The third-order valence-electron chi connectivity index (χ3n) is 4.86. The lowest BCUT2D eigenvalue weighted by molar-refractivity contribution is -0.151. The third-order valence-corrected chi connectivity index (χ3v) is 4.86. The molecular formula is C20H29NO6. The van der Waals surface area contributed by atoms with Crippen LogP contribution in [0.2, 0.25) is 0 Å². The summed E-state index contributed by atoms with van der Waals surface area (Å²) in [6.45, 7) is 3.38. The third kappa shape index (κ3) is 5.05. The molecule has 0 spiro atoms. The second-order valence-electron chi connectivity index (χ2n) is 6.40. The summed E-state index contributed by atoms with van der Waals surface area (Å²) >= 11 is 0. The average molecular weight is 379 g/mol. The second kappa shape index (κ2) is 10.0. The number of hydrogen-bond donors (Lipinski definition) is 0. The number of amides is 1. The van der Waals surface area contributed by atoms with Gasteiger partial charge in [-0.25, -0.2) is 0 Å². The predicted molar refractivity (Wildman–Crippen MR) is 100 cm³/mol. The zero-order chi connectivity index (χ0) is 19.8. The van der Waals surface area contributed by atoms with Crippen molar-refractivity contribution < 1.29 is 28.5 Å². The lowest BCUT2D eigenvalue weighted by Gasteiger charge is -2.31. The largest absolute Gasteiger partial charge is 0.493 e. The van der Waals surface area contributed by atoms with Gasteiger partial charge in [-0.3, -0.25) is 9.59 Å². The van der Waals surface area contributed by atoms with Crippen LogP contribution < -0.4 is 14.2 Å². The predicted octanol–water partition coefficient (Wildman–Crippen LogP) is 2.45. The number of nitrogens with zero attached hydrogens (tertiary/aromatic N) is 1. The van der Waals surface area contributed by atoms with E-state index in [1.807, 2.05) is 17.0 Å². The van der Waals surface area contributed by atoms with E-state index in [9.17, 15) is 9.59 Å². The Balaban J connectivity index is 1.94. The van der Waals surface area contributed by atoms with Gasteiger partial charge in [-0.2, -0.15) is 0 Å². The number of esters is 1. The van der Waals surface area contributed by atoms with Gasteiger partial charge in [0.25, 0.3) is 0 Å². The van der Waals surface area contributed by atoms with Gasteiger partial charge < -0.3 is 23.8 Å². The van der Waals surface area contributed by atoms with Crippen LogP contribution in [-0.4, -0.2) is 57.8 Å². The van der Waals surface area contributed by atoms with Crippen molar-refractivity contribution in [3.63, 3.8) is 0 Å². The number of likely N-dealkylation sites (tertiary alicyclic amines) is 1. The van der Waals surface area contributed by atoms with Crippen LogP contribution in [0.15, 0.2) is 12.1 Å². The molecule has 0 bridgehead atoms. The molecule has 0 radical (unpaired) electrons. The van der Waals surface area contributed by atoms with Crippen molar-refractivity contribution in [2.45, 2.75) is 32.6 Å². The number of piperidine rings is 1. The minimum atomic E-state index is -0.153. The first-order valence-corrected chi connectivity index (χ1v) is 9.27. The van der Waals surface area contributed by atoms with Crippen LogP contribution in [0.1, 0.15) is 31.7 Å². The fraction of sp³-hybridized carbons (Fsp3) is 0.600. The van der Waals surface area contributed by atoms with E-state index in [0.717, 1.165) is 5.56 Å². The van der Waals surface area contributed by atoms with E-state index in [1.54, 1.807) is 28.3 Å². The number of carbonyl (C=O) groups is 2. The number of methoxy groups -OCH3 is 3. The zero-order valence-corrected chi connectivity index (χ0v) is 16.6. The summed E-state index contributed by atoms with van der Waals surface area (Å²) in [5.74, 6) is 1.53. The molecule has 0 N–H and O–H groups in total. The van der Waals surface area contributed by atoms with E-state index in [4.69, 9.17) is 18.9 Å². The Morgan fingerprint density at radius 3 is 2.26 bits per heavy atom. The highest BCUT2D eigenvalue weighted by molar-refractivity contribution is 5.78. The van der Waals surface area contributed by atoms with Crippen LogP contribution in [0.25, 0.3) is 0 Å². The number of aryl methyl sites for hydroxylation is 1. The van der Waals surface area contributed by atoms with Gasteiger partial charge in [0.2, 0.25) is 11.7 Å². The smallest absolute Gasteiger partial charge is 0.309 e. The first-order chi connectivity index (χ1) is 13.0. The molecule has 1 aromatic rings. The molecule has 2 rings (SSSR count). The molecule has 27 heavy (non-hydrogen) atoms. The molecule has 1 aliphatic heterocycles. The molecule has 0 atom stereocenters.